The Labute approximate surface area is 84.0 Å². The normalized spacial score (nSPS) is 10.2. The maximum absolute atomic E-state index is 2.24. The van der Waals surface area contributed by atoms with Crippen LogP contribution in [0.15, 0.2) is 35.0 Å². The van der Waals surface area contributed by atoms with Gasteiger partial charge in [-0.15, -0.1) is 0 Å². The van der Waals surface area contributed by atoms with E-state index in [1.54, 1.807) is 5.85 Å². The third-order valence-electron chi connectivity index (χ3n) is 1.19. The van der Waals surface area contributed by atoms with E-state index in [-0.39, 0.29) is 20.9 Å². The van der Waals surface area contributed by atoms with Crippen molar-refractivity contribution in [2.75, 3.05) is 0 Å². The van der Waals surface area contributed by atoms with Crippen LogP contribution in [0.5, 0.6) is 0 Å². The predicted molar refractivity (Wildman–Crippen MR) is 53.7 cm³/mol. The molecule has 0 aromatic carbocycles. The van der Waals surface area contributed by atoms with Gasteiger partial charge in [-0.25, -0.2) is 0 Å². The van der Waals surface area contributed by atoms with Crippen LogP contribution in [0.4, 0.5) is 0 Å². The fourth-order valence-electron chi connectivity index (χ4n) is 0.742. The van der Waals surface area contributed by atoms with Crippen molar-refractivity contribution in [3.8, 4) is 0 Å². The molecule has 0 saturated heterocycles. The molecule has 0 atom stereocenters. The van der Waals surface area contributed by atoms with Gasteiger partial charge in [0.2, 0.25) is 0 Å². The molecule has 3 heteroatoms. The minimum absolute atomic E-state index is 0.0346. The van der Waals surface area contributed by atoms with Crippen LogP contribution in [0.3, 0.4) is 0 Å². The van der Waals surface area contributed by atoms with Crippen molar-refractivity contribution in [2.45, 2.75) is 0 Å². The predicted octanol–water partition coefficient (Wildman–Crippen LogP) is 1.46. The number of thiophene rings is 2. The second kappa shape index (κ2) is 3.73. The second-order valence-corrected chi connectivity index (χ2v) is 8.57. The van der Waals surface area contributed by atoms with E-state index in [2.05, 4.69) is 35.0 Å². The zero-order valence-corrected chi connectivity index (χ0v) is 9.65. The molecule has 0 aliphatic rings. The van der Waals surface area contributed by atoms with Crippen LogP contribution in [0.1, 0.15) is 0 Å². The molecule has 0 spiro atoms. The van der Waals surface area contributed by atoms with Crippen LogP contribution in [0.2, 0.25) is 0 Å². The molecule has 56 valence electrons. The monoisotopic (exact) mass is 296 g/mol. The van der Waals surface area contributed by atoms with Gasteiger partial charge in [0.1, 0.15) is 0 Å². The van der Waals surface area contributed by atoms with Crippen molar-refractivity contribution < 1.29 is 0 Å². The second-order valence-electron chi connectivity index (χ2n) is 1.97. The summed E-state index contributed by atoms with van der Waals surface area (Å²) in [6, 6.07) is 8.76. The van der Waals surface area contributed by atoms with E-state index in [1.165, 1.54) is 0 Å². The Morgan fingerprint density at radius 3 is 1.82 bits per heavy atom. The van der Waals surface area contributed by atoms with Crippen molar-refractivity contribution in [1.82, 2.24) is 0 Å². The van der Waals surface area contributed by atoms with Crippen molar-refractivity contribution >= 4 is 49.4 Å². The van der Waals surface area contributed by atoms with Crippen LogP contribution >= 0.6 is 22.7 Å². The molecule has 0 saturated carbocycles. The van der Waals surface area contributed by atoms with Gasteiger partial charge in [-0.3, -0.25) is 0 Å². The summed E-state index contributed by atoms with van der Waals surface area (Å²) in [5.74, 6) is 0. The first kappa shape index (κ1) is 7.82. The van der Waals surface area contributed by atoms with E-state index in [0.717, 1.165) is 0 Å². The zero-order chi connectivity index (χ0) is 7.52. The average molecular weight is 294 g/mol. The van der Waals surface area contributed by atoms with Crippen LogP contribution in [0, 0.1) is 0 Å². The summed E-state index contributed by atoms with van der Waals surface area (Å²) >= 11 is 3.74. The van der Waals surface area contributed by atoms with Gasteiger partial charge >= 0.3 is 84.5 Å². The molecule has 2 rings (SSSR count). The number of rotatable bonds is 2. The van der Waals surface area contributed by atoms with Gasteiger partial charge in [0.15, 0.2) is 0 Å². The van der Waals surface area contributed by atoms with Crippen LogP contribution in [-0.2, 0) is 0 Å². The molecule has 0 N–H and O–H groups in total. The molecule has 0 fully saturated rings. The van der Waals surface area contributed by atoms with Gasteiger partial charge in [0.05, 0.1) is 0 Å². The molecular formula is C8H6S2Te. The zero-order valence-electron chi connectivity index (χ0n) is 5.69. The summed E-state index contributed by atoms with van der Waals surface area (Å²) < 4.78 is 3.16. The van der Waals surface area contributed by atoms with E-state index >= 15 is 0 Å². The SMILES string of the molecule is c1csc([Te]c2cccs2)c1. The van der Waals surface area contributed by atoms with Gasteiger partial charge in [-0.1, -0.05) is 0 Å². The van der Waals surface area contributed by atoms with Crippen molar-refractivity contribution in [2.24, 2.45) is 0 Å². The number of hydrogen-bond acceptors (Lipinski definition) is 2. The molecule has 11 heavy (non-hydrogen) atoms. The van der Waals surface area contributed by atoms with Crippen molar-refractivity contribution in [3.63, 3.8) is 0 Å². The first-order chi connectivity index (χ1) is 5.45. The van der Waals surface area contributed by atoms with Crippen LogP contribution in [0.25, 0.3) is 0 Å². The molecule has 0 bridgehead atoms. The molecule has 0 nitrogen and oxygen atoms in total. The third-order valence-corrected chi connectivity index (χ3v) is 7.21. The first-order valence-electron chi connectivity index (χ1n) is 3.20. The summed E-state index contributed by atoms with van der Waals surface area (Å²) in [6.45, 7) is 0. The van der Waals surface area contributed by atoms with Crippen LogP contribution in [-0.4, -0.2) is 20.9 Å². The summed E-state index contributed by atoms with van der Waals surface area (Å²) in [4.78, 5) is 0. The topological polar surface area (TPSA) is 0 Å². The Kier molecular flexibility index (Phi) is 2.65. The molecule has 0 radical (unpaired) electrons. The van der Waals surface area contributed by atoms with Gasteiger partial charge in [0, 0.05) is 0 Å². The first-order valence-corrected chi connectivity index (χ1v) is 7.29. The van der Waals surface area contributed by atoms with Gasteiger partial charge in [-0.05, 0) is 0 Å². The summed E-state index contributed by atoms with van der Waals surface area (Å²) in [7, 11) is 0. The standard InChI is InChI=1S/C8H6S2Te/c1-3-7(9-5-1)11-8-4-2-6-10-8/h1-6H. The Morgan fingerprint density at radius 2 is 1.45 bits per heavy atom. The Hall–Kier alpha value is 0.190. The van der Waals surface area contributed by atoms with Gasteiger partial charge < -0.3 is 0 Å². The maximum atomic E-state index is 2.24. The average Bonchev–Trinajstić information content (AvgIpc) is 2.60. The van der Waals surface area contributed by atoms with E-state index < -0.39 is 0 Å². The minimum atomic E-state index is -0.0346. The Morgan fingerprint density at radius 1 is 0.909 bits per heavy atom. The molecule has 2 aromatic heterocycles. The Bertz CT molecular complexity index is 264. The quantitative estimate of drug-likeness (QED) is 0.736. The molecule has 0 aliphatic carbocycles. The van der Waals surface area contributed by atoms with Gasteiger partial charge in [0.25, 0.3) is 0 Å². The van der Waals surface area contributed by atoms with E-state index in [0.29, 0.717) is 0 Å². The van der Waals surface area contributed by atoms with Gasteiger partial charge in [-0.2, -0.15) is 0 Å². The van der Waals surface area contributed by atoms with E-state index in [4.69, 9.17) is 0 Å². The van der Waals surface area contributed by atoms with Crippen molar-refractivity contribution in [3.05, 3.63) is 35.0 Å². The fraction of sp³-hybridized carbons (Fsp3) is 0. The summed E-state index contributed by atoms with van der Waals surface area (Å²) in [5.41, 5.74) is 0. The van der Waals surface area contributed by atoms with E-state index in [9.17, 15) is 0 Å². The fourth-order valence-corrected chi connectivity index (χ4v) is 6.47. The Balaban J connectivity index is 2.14. The molecule has 0 amide bonds. The third kappa shape index (κ3) is 2.07. The number of hydrogen-bond donors (Lipinski definition) is 0. The summed E-state index contributed by atoms with van der Waals surface area (Å²) in [6.07, 6.45) is 0. The molecule has 2 heterocycles. The molecule has 0 unspecified atom stereocenters. The summed E-state index contributed by atoms with van der Waals surface area (Å²) in [5, 5.41) is 4.32. The van der Waals surface area contributed by atoms with Crippen LogP contribution < -0.4 is 5.85 Å². The molecule has 0 aliphatic heterocycles. The molecular weight excluding hydrogens is 288 g/mol. The van der Waals surface area contributed by atoms with E-state index in [1.807, 2.05) is 22.7 Å². The molecule has 2 aromatic rings. The van der Waals surface area contributed by atoms with Crippen molar-refractivity contribution in [1.29, 1.82) is 0 Å².